The van der Waals surface area contributed by atoms with Gasteiger partial charge in [0.15, 0.2) is 0 Å². The highest BCUT2D eigenvalue weighted by Gasteiger charge is 2.22. The predicted octanol–water partition coefficient (Wildman–Crippen LogP) is 4.99. The lowest BCUT2D eigenvalue weighted by Crippen LogP contribution is -2.12. The molecule has 1 aromatic carbocycles. The van der Waals surface area contributed by atoms with Gasteiger partial charge in [-0.25, -0.2) is 4.98 Å². The van der Waals surface area contributed by atoms with Crippen molar-refractivity contribution in [3.8, 4) is 0 Å². The van der Waals surface area contributed by atoms with E-state index in [4.69, 9.17) is 11.6 Å². The van der Waals surface area contributed by atoms with E-state index < -0.39 is 0 Å². The van der Waals surface area contributed by atoms with Gasteiger partial charge in [0.05, 0.1) is 5.39 Å². The van der Waals surface area contributed by atoms with Crippen LogP contribution in [0.1, 0.15) is 23.3 Å². The van der Waals surface area contributed by atoms with Crippen molar-refractivity contribution in [1.82, 2.24) is 9.97 Å². The SMILES string of the molecule is CN(c1ccccc1)c1nc(Cl)nc2sc3c(c12)CCCC3. The van der Waals surface area contributed by atoms with Crippen molar-refractivity contribution < 1.29 is 0 Å². The molecule has 0 aliphatic heterocycles. The smallest absolute Gasteiger partial charge is 0.225 e. The molecule has 0 N–H and O–H groups in total. The summed E-state index contributed by atoms with van der Waals surface area (Å²) in [6.07, 6.45) is 4.79. The number of anilines is 2. The quantitative estimate of drug-likeness (QED) is 0.620. The molecule has 5 heteroatoms. The molecule has 4 rings (SSSR count). The van der Waals surface area contributed by atoms with E-state index in [0.717, 1.165) is 29.2 Å². The summed E-state index contributed by atoms with van der Waals surface area (Å²) in [6.45, 7) is 0. The van der Waals surface area contributed by atoms with Gasteiger partial charge in [-0.2, -0.15) is 4.98 Å². The van der Waals surface area contributed by atoms with E-state index in [1.165, 1.54) is 28.7 Å². The van der Waals surface area contributed by atoms with Crippen molar-refractivity contribution in [2.24, 2.45) is 0 Å². The highest BCUT2D eigenvalue weighted by Crippen LogP contribution is 2.41. The second-order valence-corrected chi connectivity index (χ2v) is 7.02. The Hall–Kier alpha value is -1.65. The number of aryl methyl sites for hydroxylation is 2. The lowest BCUT2D eigenvalue weighted by molar-refractivity contribution is 0.700. The molecule has 3 nitrogen and oxygen atoms in total. The fourth-order valence-corrected chi connectivity index (χ4v) is 4.60. The number of thiophene rings is 1. The van der Waals surface area contributed by atoms with Crippen LogP contribution >= 0.6 is 22.9 Å². The van der Waals surface area contributed by atoms with Gasteiger partial charge in [-0.1, -0.05) is 18.2 Å². The predicted molar refractivity (Wildman–Crippen MR) is 93.6 cm³/mol. The van der Waals surface area contributed by atoms with Crippen molar-refractivity contribution in [3.63, 3.8) is 0 Å². The Morgan fingerprint density at radius 3 is 2.68 bits per heavy atom. The Labute approximate surface area is 138 Å². The number of aromatic nitrogens is 2. The molecule has 1 aliphatic carbocycles. The Balaban J connectivity index is 1.94. The third-order valence-corrected chi connectivity index (χ3v) is 5.58. The van der Waals surface area contributed by atoms with E-state index in [0.29, 0.717) is 5.28 Å². The topological polar surface area (TPSA) is 29.0 Å². The molecule has 0 bridgehead atoms. The van der Waals surface area contributed by atoms with E-state index in [9.17, 15) is 0 Å². The molecular weight excluding hydrogens is 314 g/mol. The second kappa shape index (κ2) is 5.52. The number of nitrogens with zero attached hydrogens (tertiary/aromatic N) is 3. The molecular formula is C17H16ClN3S. The van der Waals surface area contributed by atoms with Gasteiger partial charge < -0.3 is 4.90 Å². The van der Waals surface area contributed by atoms with E-state index in [2.05, 4.69) is 27.0 Å². The molecule has 0 unspecified atom stereocenters. The molecule has 2 heterocycles. The zero-order valence-corrected chi connectivity index (χ0v) is 13.9. The largest absolute Gasteiger partial charge is 0.329 e. The van der Waals surface area contributed by atoms with Crippen LogP contribution in [0.5, 0.6) is 0 Å². The minimum Gasteiger partial charge on any atom is -0.329 e. The van der Waals surface area contributed by atoms with Gasteiger partial charge in [-0.05, 0) is 55.0 Å². The number of hydrogen-bond donors (Lipinski definition) is 0. The number of benzene rings is 1. The molecule has 0 radical (unpaired) electrons. The maximum absolute atomic E-state index is 6.18. The van der Waals surface area contributed by atoms with Gasteiger partial charge in [0.2, 0.25) is 5.28 Å². The number of para-hydroxylation sites is 1. The lowest BCUT2D eigenvalue weighted by Gasteiger charge is -2.20. The highest BCUT2D eigenvalue weighted by molar-refractivity contribution is 7.19. The monoisotopic (exact) mass is 329 g/mol. The molecule has 3 aromatic rings. The van der Waals surface area contributed by atoms with Crippen LogP contribution in [-0.2, 0) is 12.8 Å². The summed E-state index contributed by atoms with van der Waals surface area (Å²) in [5.41, 5.74) is 2.54. The van der Waals surface area contributed by atoms with Crippen LogP contribution < -0.4 is 4.90 Å². The minimum absolute atomic E-state index is 0.323. The molecule has 0 amide bonds. The molecule has 0 spiro atoms. The standard InChI is InChI=1S/C17H16ClN3S/c1-21(11-7-3-2-4-8-11)15-14-12-9-5-6-10-13(12)22-16(14)20-17(18)19-15/h2-4,7-8H,5-6,9-10H2,1H3. The normalized spacial score (nSPS) is 14.1. The molecule has 2 aromatic heterocycles. The van der Waals surface area contributed by atoms with E-state index in [1.54, 1.807) is 11.3 Å². The van der Waals surface area contributed by atoms with Crippen molar-refractivity contribution in [3.05, 3.63) is 46.1 Å². The first-order valence-electron chi connectivity index (χ1n) is 7.50. The Kier molecular flexibility index (Phi) is 3.51. The first kappa shape index (κ1) is 14.0. The number of fused-ring (bicyclic) bond motifs is 3. The highest BCUT2D eigenvalue weighted by atomic mass is 35.5. The van der Waals surface area contributed by atoms with Crippen LogP contribution in [-0.4, -0.2) is 17.0 Å². The first-order valence-corrected chi connectivity index (χ1v) is 8.70. The van der Waals surface area contributed by atoms with Crippen LogP contribution in [0.3, 0.4) is 0 Å². The average molecular weight is 330 g/mol. The molecule has 0 atom stereocenters. The van der Waals surface area contributed by atoms with Crippen molar-refractivity contribution in [1.29, 1.82) is 0 Å². The van der Waals surface area contributed by atoms with Crippen molar-refractivity contribution in [2.45, 2.75) is 25.7 Å². The zero-order valence-electron chi connectivity index (χ0n) is 12.3. The first-order chi connectivity index (χ1) is 10.7. The summed E-state index contributed by atoms with van der Waals surface area (Å²) >= 11 is 7.96. The summed E-state index contributed by atoms with van der Waals surface area (Å²) in [4.78, 5) is 13.6. The third kappa shape index (κ3) is 2.27. The summed E-state index contributed by atoms with van der Waals surface area (Å²) in [5.74, 6) is 0.917. The van der Waals surface area contributed by atoms with Crippen LogP contribution in [0.2, 0.25) is 5.28 Å². The molecule has 0 fully saturated rings. The van der Waals surface area contributed by atoms with Crippen LogP contribution in [0.4, 0.5) is 11.5 Å². The Bertz CT molecular complexity index is 829. The van der Waals surface area contributed by atoms with E-state index >= 15 is 0 Å². The van der Waals surface area contributed by atoms with Crippen molar-refractivity contribution >= 4 is 44.7 Å². The number of rotatable bonds is 2. The molecule has 22 heavy (non-hydrogen) atoms. The minimum atomic E-state index is 0.323. The fourth-order valence-electron chi connectivity index (χ4n) is 3.13. The molecule has 112 valence electrons. The summed E-state index contributed by atoms with van der Waals surface area (Å²) < 4.78 is 0. The number of hydrogen-bond acceptors (Lipinski definition) is 4. The van der Waals surface area contributed by atoms with Gasteiger partial charge in [-0.15, -0.1) is 11.3 Å². The molecule has 0 saturated heterocycles. The van der Waals surface area contributed by atoms with Crippen LogP contribution in [0.15, 0.2) is 30.3 Å². The van der Waals surface area contributed by atoms with E-state index in [1.807, 2.05) is 25.2 Å². The van der Waals surface area contributed by atoms with Gasteiger partial charge in [0, 0.05) is 17.6 Å². The second-order valence-electron chi connectivity index (χ2n) is 5.60. The van der Waals surface area contributed by atoms with Crippen molar-refractivity contribution in [2.75, 3.05) is 11.9 Å². The fraction of sp³-hybridized carbons (Fsp3) is 0.294. The van der Waals surface area contributed by atoms with Crippen LogP contribution in [0.25, 0.3) is 10.2 Å². The van der Waals surface area contributed by atoms with Gasteiger partial charge in [0.1, 0.15) is 10.6 Å². The molecule has 1 aliphatic rings. The van der Waals surface area contributed by atoms with Gasteiger partial charge in [0.25, 0.3) is 0 Å². The summed E-state index contributed by atoms with van der Waals surface area (Å²) in [5, 5.41) is 1.51. The molecule has 0 saturated carbocycles. The summed E-state index contributed by atoms with van der Waals surface area (Å²) in [6, 6.07) is 10.3. The van der Waals surface area contributed by atoms with E-state index in [-0.39, 0.29) is 0 Å². The lowest BCUT2D eigenvalue weighted by atomic mass is 9.97. The zero-order chi connectivity index (χ0) is 15.1. The average Bonchev–Trinajstić information content (AvgIpc) is 2.92. The maximum atomic E-state index is 6.18. The summed E-state index contributed by atoms with van der Waals surface area (Å²) in [7, 11) is 2.04. The Morgan fingerprint density at radius 1 is 1.09 bits per heavy atom. The Morgan fingerprint density at radius 2 is 1.86 bits per heavy atom. The number of halogens is 1. The van der Waals surface area contributed by atoms with Gasteiger partial charge >= 0.3 is 0 Å². The van der Waals surface area contributed by atoms with Gasteiger partial charge in [-0.3, -0.25) is 0 Å². The van der Waals surface area contributed by atoms with Crippen LogP contribution in [0, 0.1) is 0 Å². The maximum Gasteiger partial charge on any atom is 0.225 e. The third-order valence-electron chi connectivity index (χ3n) is 4.23.